The highest BCUT2D eigenvalue weighted by atomic mass is 16.5. The Morgan fingerprint density at radius 2 is 2.00 bits per heavy atom. The van der Waals surface area contributed by atoms with Crippen molar-refractivity contribution in [1.82, 2.24) is 34.5 Å². The summed E-state index contributed by atoms with van der Waals surface area (Å²) < 4.78 is 7.68. The van der Waals surface area contributed by atoms with Gasteiger partial charge in [-0.15, -0.1) is 0 Å². The van der Waals surface area contributed by atoms with Crippen molar-refractivity contribution in [1.29, 1.82) is 0 Å². The van der Waals surface area contributed by atoms with Crippen molar-refractivity contribution in [2.75, 3.05) is 39.5 Å². The van der Waals surface area contributed by atoms with Crippen LogP contribution in [0.15, 0.2) is 55.0 Å². The molecular weight excluding hydrogens is 468 g/mol. The van der Waals surface area contributed by atoms with E-state index in [0.717, 1.165) is 18.4 Å². The van der Waals surface area contributed by atoms with Crippen LogP contribution in [0.2, 0.25) is 0 Å². The lowest BCUT2D eigenvalue weighted by atomic mass is 10.1. The van der Waals surface area contributed by atoms with Gasteiger partial charge in [-0.3, -0.25) is 9.69 Å². The Balaban J connectivity index is 1.43. The molecule has 2 N–H and O–H groups in total. The molecule has 0 saturated carbocycles. The minimum atomic E-state index is -0.171. The molecule has 1 amide bonds. The Kier molecular flexibility index (Phi) is 6.96. The van der Waals surface area contributed by atoms with Crippen molar-refractivity contribution < 1.29 is 9.53 Å². The molecule has 0 spiro atoms. The van der Waals surface area contributed by atoms with Gasteiger partial charge < -0.3 is 15.4 Å². The minimum absolute atomic E-state index is 0.0625. The molecule has 188 valence electrons. The van der Waals surface area contributed by atoms with Crippen LogP contribution in [0.25, 0.3) is 22.3 Å². The molecule has 0 radical (unpaired) electrons. The number of aromatic nitrogens is 5. The van der Waals surface area contributed by atoms with Gasteiger partial charge in [0, 0.05) is 30.9 Å². The Hall–Kier alpha value is -4.49. The molecule has 1 atom stereocenters. The third-order valence-electron chi connectivity index (χ3n) is 6.11. The Morgan fingerprint density at radius 1 is 1.16 bits per heavy atom. The number of ether oxygens (including phenoxy) is 1. The van der Waals surface area contributed by atoms with Gasteiger partial charge in [-0.25, -0.2) is 19.6 Å². The van der Waals surface area contributed by atoms with Gasteiger partial charge in [-0.05, 0) is 51.1 Å². The summed E-state index contributed by atoms with van der Waals surface area (Å²) in [5.74, 6) is 7.03. The van der Waals surface area contributed by atoms with Crippen LogP contribution in [0.4, 0.5) is 5.82 Å². The number of nitrogens with two attached hydrogens (primary N) is 1. The van der Waals surface area contributed by atoms with E-state index in [1.54, 1.807) is 17.2 Å². The largest absolute Gasteiger partial charge is 0.439 e. The zero-order valence-electron chi connectivity index (χ0n) is 20.8. The van der Waals surface area contributed by atoms with Gasteiger partial charge in [0.15, 0.2) is 5.65 Å². The van der Waals surface area contributed by atoms with Crippen molar-refractivity contribution in [2.24, 2.45) is 0 Å². The van der Waals surface area contributed by atoms with E-state index >= 15 is 0 Å². The molecule has 0 unspecified atom stereocenters. The number of carbonyl (C=O) groups excluding carboxylic acids is 1. The average molecular weight is 497 g/mol. The van der Waals surface area contributed by atoms with Crippen LogP contribution in [-0.4, -0.2) is 74.2 Å². The predicted octanol–water partition coefficient (Wildman–Crippen LogP) is 2.99. The fraction of sp³-hybridized carbons (Fsp3) is 0.296. The molecule has 1 aromatic carbocycles. The number of anilines is 1. The number of para-hydroxylation sites is 1. The van der Waals surface area contributed by atoms with E-state index < -0.39 is 0 Å². The highest BCUT2D eigenvalue weighted by Gasteiger charge is 2.28. The molecule has 10 nitrogen and oxygen atoms in total. The Labute approximate surface area is 215 Å². The first-order valence-electron chi connectivity index (χ1n) is 12.1. The van der Waals surface area contributed by atoms with Gasteiger partial charge in [0.2, 0.25) is 5.88 Å². The number of likely N-dealkylation sites (tertiary alicyclic amines) is 1. The molecular formula is C27H28N8O2. The zero-order valence-corrected chi connectivity index (χ0v) is 20.8. The first kappa shape index (κ1) is 24.2. The smallest absolute Gasteiger partial charge is 0.298 e. The molecule has 4 aromatic rings. The van der Waals surface area contributed by atoms with Crippen molar-refractivity contribution in [3.63, 3.8) is 0 Å². The summed E-state index contributed by atoms with van der Waals surface area (Å²) in [6.45, 7) is 1.70. The molecule has 1 fully saturated rings. The van der Waals surface area contributed by atoms with Crippen molar-refractivity contribution >= 4 is 22.8 Å². The second-order valence-electron chi connectivity index (χ2n) is 9.14. The van der Waals surface area contributed by atoms with Gasteiger partial charge in [-0.2, -0.15) is 5.10 Å². The van der Waals surface area contributed by atoms with Crippen LogP contribution in [0.5, 0.6) is 11.6 Å². The number of benzene rings is 1. The third kappa shape index (κ3) is 5.37. The second kappa shape index (κ2) is 10.6. The van der Waals surface area contributed by atoms with Crippen LogP contribution in [0.3, 0.4) is 0 Å². The molecule has 37 heavy (non-hydrogen) atoms. The number of rotatable bonds is 5. The topological polar surface area (TPSA) is 115 Å². The Bertz CT molecular complexity index is 1460. The molecule has 3 aromatic heterocycles. The van der Waals surface area contributed by atoms with Crippen molar-refractivity contribution in [3.05, 3.63) is 55.0 Å². The summed E-state index contributed by atoms with van der Waals surface area (Å²) in [6, 6.07) is 13.1. The maximum Gasteiger partial charge on any atom is 0.298 e. The van der Waals surface area contributed by atoms with E-state index in [1.807, 2.05) is 60.1 Å². The minimum Gasteiger partial charge on any atom is -0.439 e. The first-order chi connectivity index (χ1) is 18.0. The van der Waals surface area contributed by atoms with Gasteiger partial charge in [0.1, 0.15) is 23.6 Å². The summed E-state index contributed by atoms with van der Waals surface area (Å²) in [7, 11) is 3.84. The van der Waals surface area contributed by atoms with E-state index in [2.05, 4.69) is 26.8 Å². The first-order valence-corrected chi connectivity index (χ1v) is 12.1. The standard InChI is InChI=1S/C27H28N8O2/c1-33(2)14-7-11-23(36)34-15-6-8-20(17-34)35-27-24(26(28)30-18-31-27)25(32-35)19-12-13-22(29-16-19)37-21-9-4-3-5-10-21/h3-5,9-10,12-13,16,18,20H,6,8,14-15,17H2,1-2H3,(H2,28,30,31)/t20-/m1/s1. The summed E-state index contributed by atoms with van der Waals surface area (Å²) in [4.78, 5) is 29.6. The lowest BCUT2D eigenvalue weighted by Crippen LogP contribution is -2.40. The molecule has 0 aliphatic carbocycles. The number of fused-ring (bicyclic) bond motifs is 1. The van der Waals surface area contributed by atoms with Crippen LogP contribution >= 0.6 is 0 Å². The highest BCUT2D eigenvalue weighted by molar-refractivity contribution is 5.98. The molecule has 0 bridgehead atoms. The highest BCUT2D eigenvalue weighted by Crippen LogP contribution is 2.34. The van der Waals surface area contributed by atoms with E-state index in [9.17, 15) is 4.79 Å². The maximum absolute atomic E-state index is 12.7. The molecule has 10 heteroatoms. The fourth-order valence-electron chi connectivity index (χ4n) is 4.33. The molecule has 1 saturated heterocycles. The second-order valence-corrected chi connectivity index (χ2v) is 9.14. The molecule has 1 aliphatic heterocycles. The lowest BCUT2D eigenvalue weighted by molar-refractivity contribution is -0.126. The normalized spacial score (nSPS) is 15.4. The third-order valence-corrected chi connectivity index (χ3v) is 6.11. The average Bonchev–Trinajstić information content (AvgIpc) is 3.31. The van der Waals surface area contributed by atoms with E-state index in [1.165, 1.54) is 6.33 Å². The van der Waals surface area contributed by atoms with Crippen molar-refractivity contribution in [3.8, 4) is 34.7 Å². The van der Waals surface area contributed by atoms with Gasteiger partial charge >= 0.3 is 0 Å². The monoisotopic (exact) mass is 496 g/mol. The van der Waals surface area contributed by atoms with E-state index in [-0.39, 0.29) is 11.9 Å². The van der Waals surface area contributed by atoms with Gasteiger partial charge in [0.25, 0.3) is 5.91 Å². The lowest BCUT2D eigenvalue weighted by Gasteiger charge is -2.31. The number of pyridine rings is 1. The number of nitrogens with zero attached hydrogens (tertiary/aromatic N) is 7. The van der Waals surface area contributed by atoms with Crippen LogP contribution in [0, 0.1) is 11.8 Å². The van der Waals surface area contributed by atoms with Crippen LogP contribution in [-0.2, 0) is 4.79 Å². The molecule has 1 aliphatic rings. The molecule has 4 heterocycles. The number of hydrogen-bond acceptors (Lipinski definition) is 8. The van der Waals surface area contributed by atoms with Crippen LogP contribution < -0.4 is 10.5 Å². The zero-order chi connectivity index (χ0) is 25.8. The van der Waals surface area contributed by atoms with Crippen LogP contribution in [0.1, 0.15) is 18.9 Å². The van der Waals surface area contributed by atoms with Crippen molar-refractivity contribution in [2.45, 2.75) is 18.9 Å². The number of amides is 1. The summed E-state index contributed by atoms with van der Waals surface area (Å²) in [6.07, 6.45) is 4.84. The van der Waals surface area contributed by atoms with Gasteiger partial charge in [-0.1, -0.05) is 24.1 Å². The van der Waals surface area contributed by atoms with E-state index in [0.29, 0.717) is 53.8 Å². The number of nitrogen functional groups attached to an aromatic ring is 1. The summed E-state index contributed by atoms with van der Waals surface area (Å²) >= 11 is 0. The number of piperidine rings is 1. The quantitative estimate of drug-likeness (QED) is 0.419. The molecule has 5 rings (SSSR count). The number of hydrogen-bond donors (Lipinski definition) is 1. The van der Waals surface area contributed by atoms with Gasteiger partial charge in [0.05, 0.1) is 18.0 Å². The SMILES string of the molecule is CN(C)CC#CC(=O)N1CCC[C@@H](n2nc(-c3ccc(Oc4ccccc4)nc3)c3c(N)ncnc32)C1. The maximum atomic E-state index is 12.7. The number of carbonyl (C=O) groups is 1. The summed E-state index contributed by atoms with van der Waals surface area (Å²) in [5, 5.41) is 5.57. The van der Waals surface area contributed by atoms with E-state index in [4.69, 9.17) is 15.6 Å². The Morgan fingerprint density at radius 3 is 2.76 bits per heavy atom. The fourth-order valence-corrected chi connectivity index (χ4v) is 4.33. The predicted molar refractivity (Wildman–Crippen MR) is 141 cm³/mol. The summed E-state index contributed by atoms with van der Waals surface area (Å²) in [5.41, 5.74) is 8.32.